The summed E-state index contributed by atoms with van der Waals surface area (Å²) in [7, 11) is 0. The Morgan fingerprint density at radius 1 is 0.357 bits per heavy atom. The molecule has 0 amide bonds. The molecule has 0 heteroatoms. The van der Waals surface area contributed by atoms with Crippen LogP contribution in [-0.4, -0.2) is 0 Å². The second-order valence-corrected chi connectivity index (χ2v) is 4.22. The van der Waals surface area contributed by atoms with Crippen LogP contribution in [0.25, 0.3) is 0 Å². The van der Waals surface area contributed by atoms with Gasteiger partial charge in [-0.3, -0.25) is 0 Å². The molecular formula is C14H24. The molecule has 14 heavy (non-hydrogen) atoms. The van der Waals surface area contributed by atoms with Gasteiger partial charge in [-0.25, -0.2) is 0 Å². The van der Waals surface area contributed by atoms with E-state index in [2.05, 4.69) is 24.3 Å². The van der Waals surface area contributed by atoms with E-state index < -0.39 is 0 Å². The van der Waals surface area contributed by atoms with Gasteiger partial charge < -0.3 is 0 Å². The van der Waals surface area contributed by atoms with Crippen molar-refractivity contribution in [3.05, 3.63) is 24.3 Å². The van der Waals surface area contributed by atoms with Gasteiger partial charge in [0.25, 0.3) is 0 Å². The predicted octanol–water partition coefficient (Wildman–Crippen LogP) is 5.01. The third kappa shape index (κ3) is 6.94. The first kappa shape index (κ1) is 11.6. The van der Waals surface area contributed by atoms with Gasteiger partial charge in [0.15, 0.2) is 0 Å². The van der Waals surface area contributed by atoms with Crippen molar-refractivity contribution in [1.29, 1.82) is 0 Å². The summed E-state index contributed by atoms with van der Waals surface area (Å²) in [5, 5.41) is 0. The van der Waals surface area contributed by atoms with Gasteiger partial charge in [-0.1, -0.05) is 37.1 Å². The molecule has 0 aromatic heterocycles. The predicted molar refractivity (Wildman–Crippen MR) is 64.5 cm³/mol. The molecule has 0 radical (unpaired) electrons. The van der Waals surface area contributed by atoms with Gasteiger partial charge in [-0.2, -0.15) is 0 Å². The van der Waals surface area contributed by atoms with E-state index >= 15 is 0 Å². The largest absolute Gasteiger partial charge is 0.0885 e. The maximum absolute atomic E-state index is 2.38. The zero-order chi connectivity index (χ0) is 9.90. The lowest BCUT2D eigenvalue weighted by Gasteiger charge is -1.99. The zero-order valence-electron chi connectivity index (χ0n) is 9.38. The van der Waals surface area contributed by atoms with Crippen molar-refractivity contribution < 1.29 is 0 Å². The molecule has 0 unspecified atom stereocenters. The van der Waals surface area contributed by atoms with Crippen molar-refractivity contribution in [2.45, 2.75) is 64.2 Å². The molecule has 0 saturated heterocycles. The van der Waals surface area contributed by atoms with Crippen molar-refractivity contribution in [2.24, 2.45) is 0 Å². The van der Waals surface area contributed by atoms with Crippen molar-refractivity contribution in [1.82, 2.24) is 0 Å². The fourth-order valence-electron chi connectivity index (χ4n) is 1.87. The van der Waals surface area contributed by atoms with Crippen LogP contribution >= 0.6 is 0 Å². The van der Waals surface area contributed by atoms with Crippen LogP contribution in [0.4, 0.5) is 0 Å². The summed E-state index contributed by atoms with van der Waals surface area (Å²) in [5.74, 6) is 0. The Bertz CT molecular complexity index is 145. The Morgan fingerprint density at radius 3 is 1.00 bits per heavy atom. The molecule has 0 nitrogen and oxygen atoms in total. The standard InChI is InChI=1S/C14H24/c1-2-4-6-8-10-12-14-13-11-9-7-5-3-1/h1-2,11,13H,3-10,12,14H2/b2-1+,13-11+. The average molecular weight is 192 g/mol. The lowest BCUT2D eigenvalue weighted by Crippen LogP contribution is -1.79. The Labute approximate surface area is 89.1 Å². The van der Waals surface area contributed by atoms with E-state index in [1.807, 2.05) is 0 Å². The number of allylic oxidation sites excluding steroid dienone is 4. The van der Waals surface area contributed by atoms with Crippen LogP contribution in [0.15, 0.2) is 24.3 Å². The van der Waals surface area contributed by atoms with Crippen molar-refractivity contribution in [3.63, 3.8) is 0 Å². The molecule has 0 bridgehead atoms. The Balaban J connectivity index is 2.16. The summed E-state index contributed by atoms with van der Waals surface area (Å²) < 4.78 is 0. The smallest absolute Gasteiger partial charge is 0.0351 e. The molecule has 1 aliphatic carbocycles. The lowest BCUT2D eigenvalue weighted by molar-refractivity contribution is 0.649. The second kappa shape index (κ2) is 9.05. The molecule has 80 valence electrons. The molecule has 0 heterocycles. The highest BCUT2D eigenvalue weighted by molar-refractivity contribution is 4.84. The van der Waals surface area contributed by atoms with Crippen LogP contribution < -0.4 is 0 Å². The van der Waals surface area contributed by atoms with E-state index in [1.54, 1.807) is 0 Å². The quantitative estimate of drug-likeness (QED) is 0.473. The third-order valence-electron chi connectivity index (χ3n) is 2.82. The number of hydrogen-bond acceptors (Lipinski definition) is 0. The van der Waals surface area contributed by atoms with Crippen LogP contribution in [0, 0.1) is 0 Å². The summed E-state index contributed by atoms with van der Waals surface area (Å²) in [4.78, 5) is 0. The summed E-state index contributed by atoms with van der Waals surface area (Å²) in [6.07, 6.45) is 23.0. The van der Waals surface area contributed by atoms with E-state index in [-0.39, 0.29) is 0 Å². The number of hydrogen-bond donors (Lipinski definition) is 0. The van der Waals surface area contributed by atoms with E-state index in [0.717, 1.165) is 0 Å². The maximum Gasteiger partial charge on any atom is -0.0351 e. The van der Waals surface area contributed by atoms with Crippen LogP contribution in [0.5, 0.6) is 0 Å². The monoisotopic (exact) mass is 192 g/mol. The van der Waals surface area contributed by atoms with Crippen LogP contribution in [0.3, 0.4) is 0 Å². The van der Waals surface area contributed by atoms with Crippen LogP contribution in [0.1, 0.15) is 64.2 Å². The van der Waals surface area contributed by atoms with Gasteiger partial charge in [-0.15, -0.1) is 0 Å². The van der Waals surface area contributed by atoms with E-state index in [4.69, 9.17) is 0 Å². The first-order chi connectivity index (χ1) is 7.00. The summed E-state index contributed by atoms with van der Waals surface area (Å²) in [6.45, 7) is 0. The molecule has 0 aromatic carbocycles. The molecule has 1 rings (SSSR count). The van der Waals surface area contributed by atoms with Crippen molar-refractivity contribution >= 4 is 0 Å². The molecular weight excluding hydrogens is 168 g/mol. The minimum Gasteiger partial charge on any atom is -0.0885 e. The zero-order valence-corrected chi connectivity index (χ0v) is 9.38. The van der Waals surface area contributed by atoms with E-state index in [0.29, 0.717) is 0 Å². The Hall–Kier alpha value is -0.520. The van der Waals surface area contributed by atoms with Gasteiger partial charge in [0, 0.05) is 0 Å². The van der Waals surface area contributed by atoms with Gasteiger partial charge in [0.05, 0.1) is 0 Å². The van der Waals surface area contributed by atoms with E-state index in [9.17, 15) is 0 Å². The molecule has 1 aliphatic rings. The summed E-state index contributed by atoms with van der Waals surface area (Å²) in [6, 6.07) is 0. The van der Waals surface area contributed by atoms with Crippen molar-refractivity contribution in [3.8, 4) is 0 Å². The molecule has 0 N–H and O–H groups in total. The lowest BCUT2D eigenvalue weighted by atomic mass is 10.1. The van der Waals surface area contributed by atoms with Gasteiger partial charge in [-0.05, 0) is 51.4 Å². The molecule has 0 atom stereocenters. The van der Waals surface area contributed by atoms with Crippen LogP contribution in [0.2, 0.25) is 0 Å². The fraction of sp³-hybridized carbons (Fsp3) is 0.714. The normalized spacial score (nSPS) is 26.3. The first-order valence-electron chi connectivity index (χ1n) is 6.30. The van der Waals surface area contributed by atoms with Crippen molar-refractivity contribution in [2.75, 3.05) is 0 Å². The highest BCUT2D eigenvalue weighted by Crippen LogP contribution is 2.09. The molecule has 0 fully saturated rings. The van der Waals surface area contributed by atoms with Gasteiger partial charge in [0.2, 0.25) is 0 Å². The summed E-state index contributed by atoms with van der Waals surface area (Å²) in [5.41, 5.74) is 0. The molecule has 0 aliphatic heterocycles. The fourth-order valence-corrected chi connectivity index (χ4v) is 1.87. The Kier molecular flexibility index (Phi) is 7.47. The Morgan fingerprint density at radius 2 is 0.643 bits per heavy atom. The molecule has 0 spiro atoms. The van der Waals surface area contributed by atoms with Gasteiger partial charge >= 0.3 is 0 Å². The first-order valence-corrected chi connectivity index (χ1v) is 6.30. The minimum absolute atomic E-state index is 1.29. The summed E-state index contributed by atoms with van der Waals surface area (Å²) >= 11 is 0. The van der Waals surface area contributed by atoms with Crippen LogP contribution in [-0.2, 0) is 0 Å². The maximum atomic E-state index is 2.38. The average Bonchev–Trinajstić information content (AvgIpc) is 2.22. The SMILES string of the molecule is C1=C/CCCCCC/C=C/CCCC/1. The highest BCUT2D eigenvalue weighted by Gasteiger charge is 1.89. The molecule has 0 aromatic rings. The van der Waals surface area contributed by atoms with E-state index in [1.165, 1.54) is 64.2 Å². The highest BCUT2D eigenvalue weighted by atomic mass is 14.0. The number of rotatable bonds is 0. The minimum atomic E-state index is 1.29. The second-order valence-electron chi connectivity index (χ2n) is 4.22. The molecule has 0 saturated carbocycles. The third-order valence-corrected chi connectivity index (χ3v) is 2.82. The topological polar surface area (TPSA) is 0 Å². The van der Waals surface area contributed by atoms with Gasteiger partial charge in [0.1, 0.15) is 0 Å².